The molecule has 0 aliphatic rings. The van der Waals surface area contributed by atoms with E-state index in [9.17, 15) is 13.2 Å². The van der Waals surface area contributed by atoms with Crippen LogP contribution >= 0.6 is 22.6 Å². The van der Waals surface area contributed by atoms with Crippen molar-refractivity contribution in [2.24, 2.45) is 0 Å². The second-order valence-electron chi connectivity index (χ2n) is 3.95. The van der Waals surface area contributed by atoms with Crippen LogP contribution in [0.3, 0.4) is 0 Å². The van der Waals surface area contributed by atoms with Crippen molar-refractivity contribution in [2.75, 3.05) is 7.05 Å². The lowest BCUT2D eigenvalue weighted by Gasteiger charge is -2.21. The Labute approximate surface area is 120 Å². The fraction of sp³-hybridized carbons (Fsp3) is 0.364. The summed E-state index contributed by atoms with van der Waals surface area (Å²) in [6.45, 7) is 3.21. The highest BCUT2D eigenvalue weighted by Crippen LogP contribution is 2.21. The Kier molecular flexibility index (Phi) is 4.73. The van der Waals surface area contributed by atoms with Gasteiger partial charge in [-0.3, -0.25) is 4.79 Å². The molecule has 0 heterocycles. The first-order chi connectivity index (χ1) is 8.17. The van der Waals surface area contributed by atoms with Gasteiger partial charge in [-0.05, 0) is 54.1 Å². The van der Waals surface area contributed by atoms with E-state index in [0.717, 1.165) is 13.4 Å². The summed E-state index contributed by atoms with van der Waals surface area (Å²) in [5.74, 6) is -1.18. The van der Waals surface area contributed by atoms with E-state index in [4.69, 9.17) is 5.11 Å². The number of aryl methyl sites for hydroxylation is 1. The number of hydrogen-bond donors (Lipinski definition) is 1. The number of aliphatic carboxylic acids is 1. The Hall–Kier alpha value is -0.670. The molecule has 0 aliphatic carbocycles. The van der Waals surface area contributed by atoms with Gasteiger partial charge in [0.2, 0.25) is 10.0 Å². The topological polar surface area (TPSA) is 74.7 Å². The zero-order valence-corrected chi connectivity index (χ0v) is 13.2. The second kappa shape index (κ2) is 5.54. The number of benzene rings is 1. The highest BCUT2D eigenvalue weighted by molar-refractivity contribution is 14.1. The molecule has 0 radical (unpaired) electrons. The van der Waals surface area contributed by atoms with Crippen LogP contribution in [0.25, 0.3) is 0 Å². The summed E-state index contributed by atoms with van der Waals surface area (Å²) in [7, 11) is -2.51. The van der Waals surface area contributed by atoms with E-state index in [2.05, 4.69) is 0 Å². The minimum absolute atomic E-state index is 0.105. The SMILES string of the molecule is Cc1ccc(S(=O)(=O)N(C)C(C)C(=O)O)cc1I. The predicted molar refractivity (Wildman–Crippen MR) is 75.9 cm³/mol. The van der Waals surface area contributed by atoms with Crippen molar-refractivity contribution in [1.82, 2.24) is 4.31 Å². The first-order valence-corrected chi connectivity index (χ1v) is 7.67. The standard InChI is InChI=1S/C11H14INO4S/c1-7-4-5-9(6-10(7)12)18(16,17)13(3)8(2)11(14)15/h4-6,8H,1-3H3,(H,14,15). The molecule has 1 aromatic rings. The Bertz CT molecular complexity index is 570. The summed E-state index contributed by atoms with van der Waals surface area (Å²) in [5.41, 5.74) is 0.975. The number of rotatable bonds is 4. The van der Waals surface area contributed by atoms with E-state index < -0.39 is 22.0 Å². The number of carboxylic acid groups (broad SMARTS) is 1. The van der Waals surface area contributed by atoms with Crippen LogP contribution in [0.5, 0.6) is 0 Å². The maximum atomic E-state index is 12.2. The molecule has 18 heavy (non-hydrogen) atoms. The van der Waals surface area contributed by atoms with Crippen molar-refractivity contribution in [3.05, 3.63) is 27.3 Å². The Morgan fingerprint density at radius 2 is 2.00 bits per heavy atom. The molecule has 5 nitrogen and oxygen atoms in total. The van der Waals surface area contributed by atoms with Crippen molar-refractivity contribution >= 4 is 38.6 Å². The molecule has 0 spiro atoms. The van der Waals surface area contributed by atoms with E-state index in [1.165, 1.54) is 26.1 Å². The summed E-state index contributed by atoms with van der Waals surface area (Å²) in [5, 5.41) is 8.85. The lowest BCUT2D eigenvalue weighted by molar-refractivity contribution is -0.140. The smallest absolute Gasteiger partial charge is 0.321 e. The van der Waals surface area contributed by atoms with Gasteiger partial charge < -0.3 is 5.11 Å². The summed E-state index contributed by atoms with van der Waals surface area (Å²) >= 11 is 2.04. The molecule has 0 fully saturated rings. The molecule has 1 aromatic carbocycles. The maximum absolute atomic E-state index is 12.2. The normalized spacial score (nSPS) is 13.6. The third-order valence-electron chi connectivity index (χ3n) is 2.72. The van der Waals surface area contributed by atoms with E-state index in [-0.39, 0.29) is 4.90 Å². The van der Waals surface area contributed by atoms with Crippen molar-refractivity contribution in [3.63, 3.8) is 0 Å². The van der Waals surface area contributed by atoms with Crippen molar-refractivity contribution in [1.29, 1.82) is 0 Å². The minimum atomic E-state index is -3.77. The number of carboxylic acids is 1. The molecule has 0 aliphatic heterocycles. The summed E-state index contributed by atoms with van der Waals surface area (Å²) in [6.07, 6.45) is 0. The van der Waals surface area contributed by atoms with Gasteiger partial charge in [0.05, 0.1) is 4.90 Å². The molecule has 100 valence electrons. The highest BCUT2D eigenvalue weighted by Gasteiger charge is 2.29. The molecular weight excluding hydrogens is 369 g/mol. The van der Waals surface area contributed by atoms with Crippen LogP contribution < -0.4 is 0 Å². The fourth-order valence-electron chi connectivity index (χ4n) is 1.26. The maximum Gasteiger partial charge on any atom is 0.321 e. The number of hydrogen-bond acceptors (Lipinski definition) is 3. The second-order valence-corrected chi connectivity index (χ2v) is 7.11. The van der Waals surface area contributed by atoms with Crippen LogP contribution in [0, 0.1) is 10.5 Å². The van der Waals surface area contributed by atoms with Crippen LogP contribution in [-0.2, 0) is 14.8 Å². The zero-order chi connectivity index (χ0) is 14.1. The quantitative estimate of drug-likeness (QED) is 0.804. The fourth-order valence-corrected chi connectivity index (χ4v) is 3.34. The van der Waals surface area contributed by atoms with Gasteiger partial charge in [-0.1, -0.05) is 6.07 Å². The molecule has 1 rings (SSSR count). The summed E-state index contributed by atoms with van der Waals surface area (Å²) < 4.78 is 26.1. The largest absolute Gasteiger partial charge is 0.480 e. The van der Waals surface area contributed by atoms with E-state index >= 15 is 0 Å². The Morgan fingerprint density at radius 1 is 1.44 bits per heavy atom. The molecule has 1 atom stereocenters. The minimum Gasteiger partial charge on any atom is -0.480 e. The molecule has 7 heteroatoms. The molecule has 0 bridgehead atoms. The van der Waals surface area contributed by atoms with E-state index in [0.29, 0.717) is 0 Å². The van der Waals surface area contributed by atoms with Gasteiger partial charge in [0.25, 0.3) is 0 Å². The molecular formula is C11H14INO4S. The third-order valence-corrected chi connectivity index (χ3v) is 5.81. The highest BCUT2D eigenvalue weighted by atomic mass is 127. The first-order valence-electron chi connectivity index (χ1n) is 5.15. The van der Waals surface area contributed by atoms with Crippen molar-refractivity contribution in [3.8, 4) is 0 Å². The van der Waals surface area contributed by atoms with Gasteiger partial charge in [-0.15, -0.1) is 0 Å². The number of halogens is 1. The van der Waals surface area contributed by atoms with Gasteiger partial charge >= 0.3 is 5.97 Å². The average Bonchev–Trinajstić information content (AvgIpc) is 2.30. The monoisotopic (exact) mass is 383 g/mol. The van der Waals surface area contributed by atoms with Gasteiger partial charge in [0.1, 0.15) is 6.04 Å². The Balaban J connectivity index is 3.21. The van der Waals surface area contributed by atoms with Crippen molar-refractivity contribution < 1.29 is 18.3 Å². The lowest BCUT2D eigenvalue weighted by atomic mass is 10.2. The number of sulfonamides is 1. The van der Waals surface area contributed by atoms with E-state index in [1.807, 2.05) is 29.5 Å². The number of likely N-dealkylation sites (N-methyl/N-ethyl adjacent to an activating group) is 1. The van der Waals surface area contributed by atoms with Gasteiger partial charge in [0.15, 0.2) is 0 Å². The molecule has 0 saturated carbocycles. The molecule has 0 saturated heterocycles. The third kappa shape index (κ3) is 3.01. The summed E-state index contributed by atoms with van der Waals surface area (Å²) in [4.78, 5) is 10.9. The number of nitrogens with zero attached hydrogens (tertiary/aromatic N) is 1. The van der Waals surface area contributed by atoms with Gasteiger partial charge in [-0.25, -0.2) is 8.42 Å². The first kappa shape index (κ1) is 15.4. The molecule has 0 amide bonds. The zero-order valence-electron chi connectivity index (χ0n) is 10.2. The average molecular weight is 383 g/mol. The molecule has 1 unspecified atom stereocenters. The van der Waals surface area contributed by atoms with Crippen LogP contribution in [-0.4, -0.2) is 36.9 Å². The molecule has 0 aromatic heterocycles. The molecule has 1 N–H and O–H groups in total. The van der Waals surface area contributed by atoms with Crippen LogP contribution in [0.1, 0.15) is 12.5 Å². The van der Waals surface area contributed by atoms with Gasteiger partial charge in [0, 0.05) is 10.6 Å². The predicted octanol–water partition coefficient (Wildman–Crippen LogP) is 1.69. The van der Waals surface area contributed by atoms with E-state index in [1.54, 1.807) is 6.07 Å². The van der Waals surface area contributed by atoms with Gasteiger partial charge in [-0.2, -0.15) is 4.31 Å². The van der Waals surface area contributed by atoms with Crippen LogP contribution in [0.15, 0.2) is 23.1 Å². The van der Waals surface area contributed by atoms with Crippen molar-refractivity contribution in [2.45, 2.75) is 24.8 Å². The lowest BCUT2D eigenvalue weighted by Crippen LogP contribution is -2.40. The Morgan fingerprint density at radius 3 is 2.44 bits per heavy atom. The van der Waals surface area contributed by atoms with Crippen LogP contribution in [0.4, 0.5) is 0 Å². The van der Waals surface area contributed by atoms with Crippen LogP contribution in [0.2, 0.25) is 0 Å². The summed E-state index contributed by atoms with van der Waals surface area (Å²) in [6, 6.07) is 3.62. The number of carbonyl (C=O) groups is 1.